The molecule has 1 N–H and O–H groups in total. The molecule has 5 nitrogen and oxygen atoms in total. The Morgan fingerprint density at radius 3 is 2.54 bits per heavy atom. The molecule has 2 aromatic rings. The van der Waals surface area contributed by atoms with Crippen LogP contribution in [0.2, 0.25) is 0 Å². The molecule has 0 radical (unpaired) electrons. The molecule has 0 aromatic heterocycles. The Balaban J connectivity index is 2.03. The molecule has 5 heteroatoms. The third kappa shape index (κ3) is 4.47. The van der Waals surface area contributed by atoms with Crippen LogP contribution in [0.4, 0.5) is 0 Å². The van der Waals surface area contributed by atoms with Crippen molar-refractivity contribution in [3.8, 4) is 5.75 Å². The molecule has 0 saturated heterocycles. The second-order valence-corrected chi connectivity index (χ2v) is 5.65. The van der Waals surface area contributed by atoms with Gasteiger partial charge >= 0.3 is 5.97 Å². The van der Waals surface area contributed by atoms with Gasteiger partial charge in [0.25, 0.3) is 5.91 Å². The average Bonchev–Trinajstić information content (AvgIpc) is 2.62. The lowest BCUT2D eigenvalue weighted by Crippen LogP contribution is -2.30. The zero-order valence-corrected chi connectivity index (χ0v) is 14.3. The first-order valence-electron chi connectivity index (χ1n) is 8.06. The van der Waals surface area contributed by atoms with Gasteiger partial charge in [-0.3, -0.25) is 9.59 Å². The van der Waals surface area contributed by atoms with E-state index in [2.05, 4.69) is 5.32 Å². The van der Waals surface area contributed by atoms with Crippen molar-refractivity contribution in [2.45, 2.75) is 26.2 Å². The van der Waals surface area contributed by atoms with Gasteiger partial charge < -0.3 is 14.8 Å². The van der Waals surface area contributed by atoms with Gasteiger partial charge in [-0.15, -0.1) is 0 Å². The smallest absolute Gasteiger partial charge is 0.313 e. The lowest BCUT2D eigenvalue weighted by molar-refractivity contribution is -0.149. The Hall–Kier alpha value is -2.56. The number of benzene rings is 2. The number of ether oxygens (including phenoxy) is 2. The molecule has 0 spiro atoms. The Bertz CT molecular complexity index is 726. The average molecular weight is 329 g/mol. The lowest BCUT2D eigenvalue weighted by atomic mass is 9.98. The van der Waals surface area contributed by atoms with Gasteiger partial charge in [-0.25, -0.2) is 0 Å². The van der Waals surface area contributed by atoms with Gasteiger partial charge in [0.05, 0.1) is 13.0 Å². The number of methoxy groups -OCH3 is 1. The van der Waals surface area contributed by atoms with E-state index in [0.29, 0.717) is 6.54 Å². The largest absolute Gasteiger partial charge is 0.497 e. The second-order valence-electron chi connectivity index (χ2n) is 5.65. The molecule has 0 bridgehead atoms. The van der Waals surface area contributed by atoms with E-state index in [1.54, 1.807) is 14.0 Å². The van der Waals surface area contributed by atoms with Crippen molar-refractivity contribution in [1.29, 1.82) is 0 Å². The third-order valence-electron chi connectivity index (χ3n) is 3.84. The van der Waals surface area contributed by atoms with Crippen molar-refractivity contribution >= 4 is 22.6 Å². The molecule has 128 valence electrons. The fourth-order valence-corrected chi connectivity index (χ4v) is 2.35. The fourth-order valence-electron chi connectivity index (χ4n) is 2.35. The zero-order valence-electron chi connectivity index (χ0n) is 14.3. The molecule has 0 aliphatic carbocycles. The summed E-state index contributed by atoms with van der Waals surface area (Å²) in [5.41, 5.74) is 0.853. The van der Waals surface area contributed by atoms with Crippen molar-refractivity contribution in [1.82, 2.24) is 5.32 Å². The number of fused-ring (bicyclic) bond motifs is 1. The maximum atomic E-state index is 12.1. The van der Waals surface area contributed by atoms with Crippen molar-refractivity contribution in [2.24, 2.45) is 0 Å². The van der Waals surface area contributed by atoms with Gasteiger partial charge in [0.1, 0.15) is 5.75 Å². The third-order valence-corrected chi connectivity index (χ3v) is 3.84. The normalized spacial score (nSPS) is 11.8. The van der Waals surface area contributed by atoms with Gasteiger partial charge in [0, 0.05) is 6.54 Å². The quantitative estimate of drug-likeness (QED) is 0.793. The van der Waals surface area contributed by atoms with Crippen LogP contribution in [0.3, 0.4) is 0 Å². The van der Waals surface area contributed by atoms with Crippen LogP contribution in [0.25, 0.3) is 10.8 Å². The molecule has 0 aliphatic heterocycles. The fraction of sp³-hybridized carbons (Fsp3) is 0.368. The molecule has 2 rings (SSSR count). The number of nitrogens with one attached hydrogen (secondary N) is 1. The molecule has 1 amide bonds. The number of carbonyl (C=O) groups excluding carboxylic acids is 2. The number of amides is 1. The summed E-state index contributed by atoms with van der Waals surface area (Å²) in [6.45, 7) is 4.08. The van der Waals surface area contributed by atoms with Crippen molar-refractivity contribution in [3.05, 3.63) is 42.0 Å². The monoisotopic (exact) mass is 329 g/mol. The van der Waals surface area contributed by atoms with Crippen LogP contribution >= 0.6 is 0 Å². The first-order valence-corrected chi connectivity index (χ1v) is 8.06. The van der Waals surface area contributed by atoms with Crippen molar-refractivity contribution < 1.29 is 19.1 Å². The van der Waals surface area contributed by atoms with Gasteiger partial charge in [0.15, 0.2) is 6.61 Å². The maximum Gasteiger partial charge on any atom is 0.313 e. The van der Waals surface area contributed by atoms with Crippen LogP contribution < -0.4 is 10.1 Å². The number of hydrogen-bond acceptors (Lipinski definition) is 4. The zero-order chi connectivity index (χ0) is 17.5. The highest BCUT2D eigenvalue weighted by atomic mass is 16.5. The maximum absolute atomic E-state index is 12.1. The molecular weight excluding hydrogens is 306 g/mol. The minimum atomic E-state index is -0.435. The molecule has 0 heterocycles. The Labute approximate surface area is 141 Å². The molecule has 2 aromatic carbocycles. The Morgan fingerprint density at radius 2 is 1.83 bits per heavy atom. The van der Waals surface area contributed by atoms with E-state index in [9.17, 15) is 9.59 Å². The van der Waals surface area contributed by atoms with E-state index in [1.165, 1.54) is 0 Å². The highest BCUT2D eigenvalue weighted by molar-refractivity contribution is 5.87. The van der Waals surface area contributed by atoms with Crippen LogP contribution in [-0.2, 0) is 14.3 Å². The van der Waals surface area contributed by atoms with Crippen LogP contribution in [0, 0.1) is 0 Å². The van der Waals surface area contributed by atoms with Gasteiger partial charge in [-0.1, -0.05) is 31.2 Å². The van der Waals surface area contributed by atoms with Gasteiger partial charge in [-0.05, 0) is 41.8 Å². The summed E-state index contributed by atoms with van der Waals surface area (Å²) in [5.74, 6) is -0.325. The Kier molecular flexibility index (Phi) is 6.18. The number of carbonyl (C=O) groups is 2. The molecule has 0 aliphatic rings. The van der Waals surface area contributed by atoms with Crippen molar-refractivity contribution in [2.75, 3.05) is 20.3 Å². The topological polar surface area (TPSA) is 64.6 Å². The van der Waals surface area contributed by atoms with E-state index in [0.717, 1.165) is 28.5 Å². The molecule has 0 saturated carbocycles. The highest BCUT2D eigenvalue weighted by Crippen LogP contribution is 2.25. The van der Waals surface area contributed by atoms with E-state index >= 15 is 0 Å². The van der Waals surface area contributed by atoms with Crippen LogP contribution in [0.5, 0.6) is 5.75 Å². The molecule has 0 unspecified atom stereocenters. The SMILES string of the molecule is CCCNC(=O)COC(=O)[C@@H](C)c1ccc2cc(OC)ccc2c1. The Morgan fingerprint density at radius 1 is 1.12 bits per heavy atom. The van der Waals surface area contributed by atoms with E-state index in [4.69, 9.17) is 9.47 Å². The number of hydrogen-bond donors (Lipinski definition) is 1. The summed E-state index contributed by atoms with van der Waals surface area (Å²) in [4.78, 5) is 23.6. The van der Waals surface area contributed by atoms with E-state index in [1.807, 2.05) is 43.3 Å². The molecule has 24 heavy (non-hydrogen) atoms. The van der Waals surface area contributed by atoms with Gasteiger partial charge in [-0.2, -0.15) is 0 Å². The minimum Gasteiger partial charge on any atom is -0.497 e. The first kappa shape index (κ1) is 17.8. The summed E-state index contributed by atoms with van der Waals surface area (Å²) < 4.78 is 10.3. The van der Waals surface area contributed by atoms with Crippen LogP contribution in [-0.4, -0.2) is 32.1 Å². The molecule has 1 atom stereocenters. The van der Waals surface area contributed by atoms with Crippen LogP contribution in [0.15, 0.2) is 36.4 Å². The molecule has 0 fully saturated rings. The summed E-state index contributed by atoms with van der Waals surface area (Å²) in [6, 6.07) is 11.6. The molecular formula is C19H23NO4. The predicted molar refractivity (Wildman–Crippen MR) is 93.2 cm³/mol. The number of rotatable bonds is 7. The summed E-state index contributed by atoms with van der Waals surface area (Å²) in [5, 5.41) is 4.73. The second kappa shape index (κ2) is 8.34. The summed E-state index contributed by atoms with van der Waals surface area (Å²) in [6.07, 6.45) is 0.845. The van der Waals surface area contributed by atoms with E-state index in [-0.39, 0.29) is 12.5 Å². The number of esters is 1. The summed E-state index contributed by atoms with van der Waals surface area (Å²) in [7, 11) is 1.63. The predicted octanol–water partition coefficient (Wildman–Crippen LogP) is 3.02. The standard InChI is InChI=1S/C19H23NO4/c1-4-9-20-18(21)12-24-19(22)13(2)14-5-6-16-11-17(23-3)8-7-15(16)10-14/h5-8,10-11,13H,4,9,12H2,1-3H3,(H,20,21)/t13-/m0/s1. The van der Waals surface area contributed by atoms with E-state index < -0.39 is 11.9 Å². The lowest BCUT2D eigenvalue weighted by Gasteiger charge is -2.13. The van der Waals surface area contributed by atoms with Crippen LogP contribution in [0.1, 0.15) is 31.7 Å². The highest BCUT2D eigenvalue weighted by Gasteiger charge is 2.18. The van der Waals surface area contributed by atoms with Gasteiger partial charge in [0.2, 0.25) is 0 Å². The summed E-state index contributed by atoms with van der Waals surface area (Å²) >= 11 is 0. The van der Waals surface area contributed by atoms with Crippen molar-refractivity contribution in [3.63, 3.8) is 0 Å². The minimum absolute atomic E-state index is 0.242. The first-order chi connectivity index (χ1) is 11.5.